The Morgan fingerprint density at radius 2 is 1.77 bits per heavy atom. The van der Waals surface area contributed by atoms with Gasteiger partial charge in [-0.25, -0.2) is 5.43 Å². The van der Waals surface area contributed by atoms with E-state index in [4.69, 9.17) is 44.3 Å². The van der Waals surface area contributed by atoms with E-state index >= 15 is 0 Å². The molecule has 3 aromatic carbocycles. The third kappa shape index (κ3) is 6.14. The summed E-state index contributed by atoms with van der Waals surface area (Å²) in [7, 11) is 1.49. The van der Waals surface area contributed by atoms with Crippen LogP contribution < -0.4 is 14.9 Å². The van der Waals surface area contributed by atoms with Gasteiger partial charge in [0.15, 0.2) is 5.75 Å². The van der Waals surface area contributed by atoms with Crippen molar-refractivity contribution in [3.05, 3.63) is 90.8 Å². The number of methoxy groups -OCH3 is 1. The summed E-state index contributed by atoms with van der Waals surface area (Å²) >= 11 is 22.1. The normalized spacial score (nSPS) is 10.9. The summed E-state index contributed by atoms with van der Waals surface area (Å²) in [5.74, 6) is 0.344. The van der Waals surface area contributed by atoms with Crippen molar-refractivity contribution in [2.75, 3.05) is 7.11 Å². The van der Waals surface area contributed by atoms with Gasteiger partial charge in [-0.15, -0.1) is 0 Å². The van der Waals surface area contributed by atoms with Gasteiger partial charge in [-0.2, -0.15) is 5.10 Å². The predicted molar refractivity (Wildman–Crippen MR) is 128 cm³/mol. The second kappa shape index (κ2) is 10.9. The van der Waals surface area contributed by atoms with Gasteiger partial charge >= 0.3 is 0 Å². The van der Waals surface area contributed by atoms with Crippen molar-refractivity contribution in [3.63, 3.8) is 0 Å². The molecule has 0 fully saturated rings. The van der Waals surface area contributed by atoms with Gasteiger partial charge in [-0.05, 0) is 42.0 Å². The maximum atomic E-state index is 12.4. The summed E-state index contributed by atoms with van der Waals surface area (Å²) in [6.45, 7) is 0.219. The molecule has 0 aliphatic carbocycles. The lowest BCUT2D eigenvalue weighted by molar-refractivity contribution is 0.0952. The summed E-state index contributed by atoms with van der Waals surface area (Å²) in [6.07, 6.45) is 1.43. The van der Waals surface area contributed by atoms with Crippen LogP contribution >= 0.6 is 50.7 Å². The Morgan fingerprint density at radius 1 is 1.06 bits per heavy atom. The number of nitrogens with one attached hydrogen (secondary N) is 1. The van der Waals surface area contributed by atoms with E-state index < -0.39 is 5.91 Å². The lowest BCUT2D eigenvalue weighted by atomic mass is 10.2. The van der Waals surface area contributed by atoms with Crippen molar-refractivity contribution >= 4 is 62.9 Å². The summed E-state index contributed by atoms with van der Waals surface area (Å²) in [5.41, 5.74) is 4.19. The van der Waals surface area contributed by atoms with E-state index in [0.29, 0.717) is 37.7 Å². The Balaban J connectivity index is 1.69. The van der Waals surface area contributed by atoms with Gasteiger partial charge in [-0.1, -0.05) is 68.9 Å². The minimum Gasteiger partial charge on any atom is -0.496 e. The molecule has 3 rings (SSSR count). The molecule has 9 heteroatoms. The van der Waals surface area contributed by atoms with E-state index in [-0.39, 0.29) is 6.61 Å². The minimum absolute atomic E-state index is 0.219. The van der Waals surface area contributed by atoms with Crippen LogP contribution in [-0.2, 0) is 6.61 Å². The molecule has 0 aliphatic heterocycles. The molecular formula is C22H16BrCl3N2O3. The van der Waals surface area contributed by atoms with Crippen molar-refractivity contribution in [2.24, 2.45) is 5.10 Å². The quantitative estimate of drug-likeness (QED) is 0.265. The fourth-order valence-corrected chi connectivity index (χ4v) is 3.81. The van der Waals surface area contributed by atoms with Crippen LogP contribution in [0.3, 0.4) is 0 Å². The van der Waals surface area contributed by atoms with E-state index in [1.54, 1.807) is 36.4 Å². The van der Waals surface area contributed by atoms with Gasteiger partial charge in [0, 0.05) is 15.1 Å². The third-order valence-electron chi connectivity index (χ3n) is 4.14. The molecule has 0 spiro atoms. The van der Waals surface area contributed by atoms with E-state index in [1.807, 2.05) is 18.2 Å². The summed E-state index contributed by atoms with van der Waals surface area (Å²) in [4.78, 5) is 12.4. The SMILES string of the molecule is COc1ccc(Br)cc1C(=O)N/N=C\c1cc(Cl)c(OCc2ccccc2Cl)c(Cl)c1. The number of carbonyl (C=O) groups excluding carboxylic acids is 1. The lowest BCUT2D eigenvalue weighted by Crippen LogP contribution is -2.18. The Morgan fingerprint density at radius 3 is 2.45 bits per heavy atom. The number of nitrogens with zero attached hydrogens (tertiary/aromatic N) is 1. The monoisotopic (exact) mass is 540 g/mol. The number of carbonyl (C=O) groups is 1. The van der Waals surface area contributed by atoms with E-state index in [2.05, 4.69) is 26.5 Å². The highest BCUT2D eigenvalue weighted by atomic mass is 79.9. The van der Waals surface area contributed by atoms with Crippen molar-refractivity contribution in [3.8, 4) is 11.5 Å². The number of amides is 1. The van der Waals surface area contributed by atoms with Gasteiger partial charge in [0.25, 0.3) is 5.91 Å². The largest absolute Gasteiger partial charge is 0.496 e. The molecule has 5 nitrogen and oxygen atoms in total. The highest BCUT2D eigenvalue weighted by Crippen LogP contribution is 2.35. The first-order chi connectivity index (χ1) is 14.9. The Kier molecular flexibility index (Phi) is 8.21. The predicted octanol–water partition coefficient (Wildman–Crippen LogP) is 6.76. The van der Waals surface area contributed by atoms with Crippen molar-refractivity contribution in [1.82, 2.24) is 5.43 Å². The number of benzene rings is 3. The number of hydrogen-bond donors (Lipinski definition) is 1. The Hall–Kier alpha value is -2.25. The molecule has 160 valence electrons. The first-order valence-electron chi connectivity index (χ1n) is 8.91. The van der Waals surface area contributed by atoms with Crippen LogP contribution in [0.4, 0.5) is 0 Å². The smallest absolute Gasteiger partial charge is 0.275 e. The molecule has 0 atom stereocenters. The van der Waals surface area contributed by atoms with Crippen molar-refractivity contribution in [1.29, 1.82) is 0 Å². The molecule has 0 heterocycles. The van der Waals surface area contributed by atoms with Gasteiger partial charge < -0.3 is 9.47 Å². The van der Waals surface area contributed by atoms with Crippen LogP contribution in [0.5, 0.6) is 11.5 Å². The van der Waals surface area contributed by atoms with E-state index in [9.17, 15) is 4.79 Å². The van der Waals surface area contributed by atoms with Crippen LogP contribution in [0.1, 0.15) is 21.5 Å². The molecule has 0 radical (unpaired) electrons. The zero-order valence-electron chi connectivity index (χ0n) is 16.2. The highest BCUT2D eigenvalue weighted by Gasteiger charge is 2.13. The molecule has 1 amide bonds. The number of hydrogen-bond acceptors (Lipinski definition) is 4. The van der Waals surface area contributed by atoms with Gasteiger partial charge in [0.1, 0.15) is 12.4 Å². The highest BCUT2D eigenvalue weighted by molar-refractivity contribution is 9.10. The van der Waals surface area contributed by atoms with Gasteiger partial charge in [0.05, 0.1) is 28.9 Å². The molecule has 0 bridgehead atoms. The van der Waals surface area contributed by atoms with Gasteiger partial charge in [-0.3, -0.25) is 4.79 Å². The number of hydrazone groups is 1. The molecule has 1 N–H and O–H groups in total. The molecule has 0 aliphatic rings. The second-order valence-corrected chi connectivity index (χ2v) is 8.37. The number of rotatable bonds is 7. The maximum Gasteiger partial charge on any atom is 0.275 e. The maximum absolute atomic E-state index is 12.4. The third-order valence-corrected chi connectivity index (χ3v) is 5.56. The zero-order valence-corrected chi connectivity index (χ0v) is 20.0. The van der Waals surface area contributed by atoms with E-state index in [0.717, 1.165) is 10.0 Å². The average molecular weight is 543 g/mol. The first kappa shape index (κ1) is 23.4. The molecule has 3 aromatic rings. The zero-order chi connectivity index (χ0) is 22.4. The summed E-state index contributed by atoms with van der Waals surface area (Å²) < 4.78 is 11.7. The fraction of sp³-hybridized carbons (Fsp3) is 0.0909. The van der Waals surface area contributed by atoms with Crippen LogP contribution in [-0.4, -0.2) is 19.2 Å². The molecule has 0 saturated heterocycles. The number of halogens is 4. The number of ether oxygens (including phenoxy) is 2. The molecule has 0 saturated carbocycles. The van der Waals surface area contributed by atoms with Crippen molar-refractivity contribution in [2.45, 2.75) is 6.61 Å². The second-order valence-electron chi connectivity index (χ2n) is 6.24. The van der Waals surface area contributed by atoms with Gasteiger partial charge in [0.2, 0.25) is 0 Å². The van der Waals surface area contributed by atoms with Crippen LogP contribution in [0, 0.1) is 0 Å². The summed E-state index contributed by atoms with van der Waals surface area (Å²) in [6, 6.07) is 15.7. The fourth-order valence-electron chi connectivity index (χ4n) is 2.64. The Bertz CT molecular complexity index is 1120. The molecular weight excluding hydrogens is 527 g/mol. The average Bonchev–Trinajstić information content (AvgIpc) is 2.74. The molecule has 0 unspecified atom stereocenters. The van der Waals surface area contributed by atoms with Crippen LogP contribution in [0.25, 0.3) is 0 Å². The van der Waals surface area contributed by atoms with Crippen LogP contribution in [0.15, 0.2) is 64.2 Å². The Labute approximate surface area is 203 Å². The summed E-state index contributed by atoms with van der Waals surface area (Å²) in [5, 5.41) is 5.18. The molecule has 0 aromatic heterocycles. The van der Waals surface area contributed by atoms with Crippen molar-refractivity contribution < 1.29 is 14.3 Å². The van der Waals surface area contributed by atoms with E-state index in [1.165, 1.54) is 13.3 Å². The first-order valence-corrected chi connectivity index (χ1v) is 10.8. The molecule has 31 heavy (non-hydrogen) atoms. The lowest BCUT2D eigenvalue weighted by Gasteiger charge is -2.11. The standard InChI is InChI=1S/C22H16BrCl3N2O3/c1-30-20-7-6-15(23)10-16(20)22(29)28-27-11-13-8-18(25)21(19(26)9-13)31-12-14-4-2-3-5-17(14)24/h2-11H,12H2,1H3,(H,28,29)/b27-11-. The van der Waals surface area contributed by atoms with Crippen LogP contribution in [0.2, 0.25) is 15.1 Å². The minimum atomic E-state index is -0.425. The topological polar surface area (TPSA) is 59.9 Å².